The van der Waals surface area contributed by atoms with Crippen molar-refractivity contribution < 1.29 is 26.2 Å². The molecule has 0 spiro atoms. The molecule has 1 aliphatic carbocycles. The third kappa shape index (κ3) is 14.3. The zero-order chi connectivity index (χ0) is 49.6. The molecule has 2 nitrogen and oxygen atoms in total. The van der Waals surface area contributed by atoms with Crippen LogP contribution in [0.1, 0.15) is 160 Å². The zero-order valence-electron chi connectivity index (χ0n) is 44.4. The molecule has 1 unspecified atom stereocenters. The Morgan fingerprint density at radius 3 is 1.85 bits per heavy atom. The van der Waals surface area contributed by atoms with Crippen LogP contribution in [0.5, 0.6) is 5.75 Å². The Bertz CT molecular complexity index is 2740. The van der Waals surface area contributed by atoms with Gasteiger partial charge in [-0.05, 0) is 99.3 Å². The second-order valence-corrected chi connectivity index (χ2v) is 22.8. The van der Waals surface area contributed by atoms with Gasteiger partial charge in [0.1, 0.15) is 0 Å². The summed E-state index contributed by atoms with van der Waals surface area (Å²) in [6.07, 6.45) is 11.2. The van der Waals surface area contributed by atoms with Crippen molar-refractivity contribution in [1.29, 1.82) is 0 Å². The van der Waals surface area contributed by atoms with E-state index in [9.17, 15) is 5.11 Å². The second-order valence-electron chi connectivity index (χ2n) is 22.8. The molecule has 0 saturated carbocycles. The van der Waals surface area contributed by atoms with E-state index < -0.39 is 0 Å². The number of pyridine rings is 1. The molecular weight excluding hydrogens is 1010 g/mol. The Balaban J connectivity index is 0.000000232. The number of aryl methyl sites for hydroxylation is 2. The summed E-state index contributed by atoms with van der Waals surface area (Å²) in [4.78, 5) is 4.70. The minimum Gasteiger partial charge on any atom is -0.526 e. The van der Waals surface area contributed by atoms with Crippen LogP contribution in [-0.4, -0.2) is 10.1 Å². The van der Waals surface area contributed by atoms with Gasteiger partial charge in [-0.25, -0.2) is 5.57 Å². The molecule has 0 bridgehead atoms. The van der Waals surface area contributed by atoms with Crippen LogP contribution in [0.4, 0.5) is 0 Å². The summed E-state index contributed by atoms with van der Waals surface area (Å²) in [6.45, 7) is 43.0. The van der Waals surface area contributed by atoms with Crippen molar-refractivity contribution in [2.75, 3.05) is 0 Å². The van der Waals surface area contributed by atoms with Crippen molar-refractivity contribution >= 4 is 11.1 Å². The van der Waals surface area contributed by atoms with Gasteiger partial charge in [0.25, 0.3) is 0 Å². The van der Waals surface area contributed by atoms with E-state index in [2.05, 4.69) is 226 Å². The normalized spacial score (nSPS) is 13.8. The van der Waals surface area contributed by atoms with Crippen molar-refractivity contribution in [3.8, 4) is 39.3 Å². The maximum absolute atomic E-state index is 10.4. The van der Waals surface area contributed by atoms with E-state index in [-0.39, 0.29) is 42.7 Å². The van der Waals surface area contributed by atoms with Crippen molar-refractivity contribution in [3.63, 3.8) is 0 Å². The Morgan fingerprint density at radius 2 is 1.29 bits per heavy atom. The van der Waals surface area contributed by atoms with Crippen molar-refractivity contribution in [3.05, 3.63) is 190 Å². The quantitative estimate of drug-likeness (QED) is 0.169. The van der Waals surface area contributed by atoms with Crippen LogP contribution < -0.4 is 0 Å². The fourth-order valence-electron chi connectivity index (χ4n) is 8.20. The molecule has 1 aromatic heterocycles. The third-order valence-electron chi connectivity index (χ3n) is 13.0. The summed E-state index contributed by atoms with van der Waals surface area (Å²) >= 11 is 0. The van der Waals surface area contributed by atoms with Gasteiger partial charge in [-0.2, -0.15) is 0 Å². The summed E-state index contributed by atoms with van der Waals surface area (Å²) in [5.41, 5.74) is 20.1. The number of allylic oxidation sites excluding steroid dienone is 5. The number of phenols is 1. The van der Waals surface area contributed by atoms with E-state index in [0.29, 0.717) is 17.2 Å². The van der Waals surface area contributed by atoms with Crippen LogP contribution in [0.3, 0.4) is 0 Å². The van der Waals surface area contributed by atoms with Crippen LogP contribution in [0.15, 0.2) is 128 Å². The van der Waals surface area contributed by atoms with Gasteiger partial charge < -0.3 is 5.11 Å². The first-order chi connectivity index (χ1) is 31.2. The topological polar surface area (TPSA) is 33.1 Å². The minimum atomic E-state index is -0.102. The third-order valence-corrected chi connectivity index (χ3v) is 13.0. The number of aromatic nitrogens is 1. The smallest absolute Gasteiger partial charge is 0.526 e. The first-order valence-electron chi connectivity index (χ1n) is 24.3. The van der Waals surface area contributed by atoms with Crippen molar-refractivity contribution in [1.82, 2.24) is 4.98 Å². The van der Waals surface area contributed by atoms with Gasteiger partial charge in [0.2, 0.25) is 0 Å². The molecule has 1 aliphatic rings. The largest absolute Gasteiger partial charge is 2.00 e. The zero-order valence-corrected chi connectivity index (χ0v) is 46.7. The molecule has 1 atom stereocenters. The maximum atomic E-state index is 10.4. The predicted octanol–water partition coefficient (Wildman–Crippen LogP) is 18.1. The summed E-state index contributed by atoms with van der Waals surface area (Å²) < 4.78 is 0. The van der Waals surface area contributed by atoms with Gasteiger partial charge in [0, 0.05) is 17.6 Å². The fraction of sp³-hybridized carbons (Fsp3) is 0.369. The standard InChI is InChI=1S/C29H28N.C19H26.C17H25O.Pt/c1-20-10-9-13-27(21(20)2)24-16-25(18-26(17-24)29(3,4)5)28-19-23(14-15-30-28)22-11-7-6-8-12-22;1-6-15-11-12-17(19(3,4)5)13-18(15)16-9-7-14(2)8-10-16;1-11(2)13-9-12(16(3,4)5)10-14(15(13)18)17(6,7)8;/h6-15,17-19H,1-5H3;7,9-14H,6,8H2,1-5H3;1,9-10,18H,2-8H3;/q-1;;-1;+2. The number of hydrogen-bond acceptors (Lipinski definition) is 2. The van der Waals surface area contributed by atoms with Crippen LogP contribution in [0.2, 0.25) is 0 Å². The molecule has 1 N–H and O–H groups in total. The van der Waals surface area contributed by atoms with Gasteiger partial charge in [-0.15, -0.1) is 41.0 Å². The first kappa shape index (κ1) is 55.6. The Labute approximate surface area is 427 Å². The van der Waals surface area contributed by atoms with E-state index in [4.69, 9.17) is 11.6 Å². The van der Waals surface area contributed by atoms with Crippen LogP contribution in [-0.2, 0) is 49.1 Å². The van der Waals surface area contributed by atoms with E-state index in [1.165, 1.54) is 61.2 Å². The summed E-state index contributed by atoms with van der Waals surface area (Å²) in [6, 6.07) is 40.5. The van der Waals surface area contributed by atoms with E-state index in [1.807, 2.05) is 25.3 Å². The molecule has 0 radical (unpaired) electrons. The average Bonchev–Trinajstić information content (AvgIpc) is 3.26. The number of benzene rings is 5. The van der Waals surface area contributed by atoms with Gasteiger partial charge in [0.05, 0.1) is 0 Å². The number of hydrogen-bond donors (Lipinski definition) is 1. The van der Waals surface area contributed by atoms with E-state index in [0.717, 1.165) is 40.8 Å². The second kappa shape index (κ2) is 22.6. The van der Waals surface area contributed by atoms with Gasteiger partial charge >= 0.3 is 21.1 Å². The number of aromatic hydroxyl groups is 1. The fourth-order valence-corrected chi connectivity index (χ4v) is 8.20. The summed E-state index contributed by atoms with van der Waals surface area (Å²) in [7, 11) is 0. The molecule has 7 rings (SSSR count). The maximum Gasteiger partial charge on any atom is 2.00 e. The number of nitrogens with zero attached hydrogens (tertiary/aromatic N) is 1. The van der Waals surface area contributed by atoms with E-state index >= 15 is 0 Å². The molecule has 0 fully saturated rings. The number of rotatable bonds is 6. The molecule has 0 amide bonds. The van der Waals surface area contributed by atoms with Crippen LogP contribution in [0, 0.1) is 32.4 Å². The summed E-state index contributed by atoms with van der Waals surface area (Å²) in [5, 5.41) is 10.4. The van der Waals surface area contributed by atoms with Gasteiger partial charge in [0.15, 0.2) is 0 Å². The molecule has 6 aromatic rings. The van der Waals surface area contributed by atoms with Gasteiger partial charge in [-0.3, -0.25) is 11.6 Å². The molecule has 0 aliphatic heterocycles. The van der Waals surface area contributed by atoms with Crippen LogP contribution >= 0.6 is 0 Å². The summed E-state index contributed by atoms with van der Waals surface area (Å²) in [5.74, 6) is 0.995. The average molecular weight is 1090 g/mol. The number of phenolic OH excluding ortho intramolecular Hbond substituents is 1. The Hall–Kier alpha value is -5.04. The molecular formula is C65H79NOPt. The molecule has 3 heteroatoms. The molecule has 360 valence electrons. The SMILES string of the molecule is CCc1ccc(C(C)(C)C)cc1C1=CCC(C)C=C1.Cc1cccc(-c2[c-]c(-c3cc(-c4ccccc4)ccn3)cc(C(C)(C)C)c2)c1C.[CH-]=C(C)c1cc(C(C)(C)C)cc(C(C)(C)C)c1O.[Pt+2]. The molecule has 1 heterocycles. The minimum absolute atomic E-state index is 0. The first-order valence-corrected chi connectivity index (χ1v) is 24.3. The van der Waals surface area contributed by atoms with Crippen molar-refractivity contribution in [2.24, 2.45) is 5.92 Å². The van der Waals surface area contributed by atoms with Crippen LogP contribution in [0.25, 0.3) is 44.7 Å². The molecule has 5 aromatic carbocycles. The van der Waals surface area contributed by atoms with Gasteiger partial charge in [-0.1, -0.05) is 229 Å². The Morgan fingerprint density at radius 1 is 0.676 bits per heavy atom. The molecule has 68 heavy (non-hydrogen) atoms. The van der Waals surface area contributed by atoms with Crippen molar-refractivity contribution in [2.45, 2.75) is 152 Å². The monoisotopic (exact) mass is 1080 g/mol. The molecule has 0 saturated heterocycles. The Kier molecular flexibility index (Phi) is 18.5. The predicted molar refractivity (Wildman–Crippen MR) is 292 cm³/mol. The van der Waals surface area contributed by atoms with E-state index in [1.54, 1.807) is 0 Å².